The molecular weight excluding hydrogens is 248 g/mol. The number of hydrogen-bond acceptors (Lipinski definition) is 2. The molecule has 1 aromatic rings. The number of primary amides is 1. The molecule has 0 aliphatic rings. The first-order valence-electron chi connectivity index (χ1n) is 4.05. The number of hydroxylamine groups is 2. The van der Waals surface area contributed by atoms with E-state index in [1.54, 1.807) is 19.1 Å². The molecule has 0 spiro atoms. The second kappa shape index (κ2) is 4.43. The van der Waals surface area contributed by atoms with Crippen molar-refractivity contribution in [3.05, 3.63) is 34.3 Å². The van der Waals surface area contributed by atoms with Crippen molar-refractivity contribution in [1.82, 2.24) is 5.06 Å². The fourth-order valence-electron chi connectivity index (χ4n) is 1.07. The van der Waals surface area contributed by atoms with Crippen LogP contribution >= 0.6 is 15.9 Å². The Morgan fingerprint density at radius 2 is 2.00 bits per heavy atom. The molecule has 0 bridgehead atoms. The quantitative estimate of drug-likeness (QED) is 0.632. The Morgan fingerprint density at radius 1 is 1.50 bits per heavy atom. The predicted molar refractivity (Wildman–Crippen MR) is 55.8 cm³/mol. The van der Waals surface area contributed by atoms with Crippen LogP contribution in [0.1, 0.15) is 18.5 Å². The summed E-state index contributed by atoms with van der Waals surface area (Å²) < 4.78 is 0.942. The minimum atomic E-state index is -0.861. The highest BCUT2D eigenvalue weighted by molar-refractivity contribution is 9.10. The molecule has 1 unspecified atom stereocenters. The first-order chi connectivity index (χ1) is 6.52. The van der Waals surface area contributed by atoms with Gasteiger partial charge in [0.05, 0.1) is 6.04 Å². The highest BCUT2D eigenvalue weighted by Crippen LogP contribution is 2.20. The van der Waals surface area contributed by atoms with E-state index in [1.807, 2.05) is 12.1 Å². The number of benzene rings is 1. The second-order valence-electron chi connectivity index (χ2n) is 2.91. The third kappa shape index (κ3) is 2.46. The van der Waals surface area contributed by atoms with Crippen molar-refractivity contribution >= 4 is 22.0 Å². The third-order valence-electron chi connectivity index (χ3n) is 1.95. The Labute approximate surface area is 90.4 Å². The number of nitrogens with zero attached hydrogens (tertiary/aromatic N) is 1. The summed E-state index contributed by atoms with van der Waals surface area (Å²) in [6.45, 7) is 1.69. The van der Waals surface area contributed by atoms with E-state index in [0.29, 0.717) is 5.06 Å². The lowest BCUT2D eigenvalue weighted by molar-refractivity contribution is -0.0709. The summed E-state index contributed by atoms with van der Waals surface area (Å²) in [5.41, 5.74) is 5.75. The van der Waals surface area contributed by atoms with Gasteiger partial charge in [-0.25, -0.2) is 4.79 Å². The largest absolute Gasteiger partial charge is 0.350 e. The van der Waals surface area contributed by atoms with Gasteiger partial charge in [0.15, 0.2) is 0 Å². The smallest absolute Gasteiger partial charge is 0.339 e. The van der Waals surface area contributed by atoms with Gasteiger partial charge in [0.25, 0.3) is 0 Å². The van der Waals surface area contributed by atoms with Crippen LogP contribution in [-0.2, 0) is 0 Å². The van der Waals surface area contributed by atoms with E-state index in [1.165, 1.54) is 0 Å². The molecule has 5 heteroatoms. The minimum absolute atomic E-state index is 0.444. The van der Waals surface area contributed by atoms with Gasteiger partial charge in [-0.1, -0.05) is 28.1 Å². The van der Waals surface area contributed by atoms with Crippen LogP contribution in [-0.4, -0.2) is 16.3 Å². The molecule has 1 aromatic carbocycles. The molecule has 1 rings (SSSR count). The Hall–Kier alpha value is -1.07. The van der Waals surface area contributed by atoms with Crippen LogP contribution in [0, 0.1) is 0 Å². The maximum atomic E-state index is 10.7. The maximum absolute atomic E-state index is 10.7. The molecule has 0 radical (unpaired) electrons. The standard InChI is InChI=1S/C9H11BrN2O2/c1-6(12(14)9(11)13)7-2-4-8(10)5-3-7/h2-6,14H,1H3,(H2,11,13). The lowest BCUT2D eigenvalue weighted by Crippen LogP contribution is -2.34. The van der Waals surface area contributed by atoms with Crippen molar-refractivity contribution in [1.29, 1.82) is 0 Å². The number of hydrogen-bond donors (Lipinski definition) is 2. The number of urea groups is 1. The summed E-state index contributed by atoms with van der Waals surface area (Å²) in [6.07, 6.45) is 0. The van der Waals surface area contributed by atoms with Crippen molar-refractivity contribution in [3.63, 3.8) is 0 Å². The molecule has 0 aliphatic heterocycles. The second-order valence-corrected chi connectivity index (χ2v) is 3.83. The first-order valence-corrected chi connectivity index (χ1v) is 4.84. The topological polar surface area (TPSA) is 66.6 Å². The van der Waals surface area contributed by atoms with Crippen LogP contribution in [0.2, 0.25) is 0 Å². The zero-order chi connectivity index (χ0) is 10.7. The van der Waals surface area contributed by atoms with Crippen molar-refractivity contribution in [3.8, 4) is 0 Å². The van der Waals surface area contributed by atoms with Gasteiger partial charge in [-0.15, -0.1) is 0 Å². The van der Waals surface area contributed by atoms with E-state index >= 15 is 0 Å². The molecule has 0 saturated heterocycles. The van der Waals surface area contributed by atoms with Crippen molar-refractivity contribution in [2.45, 2.75) is 13.0 Å². The van der Waals surface area contributed by atoms with Crippen LogP contribution < -0.4 is 5.73 Å². The minimum Gasteiger partial charge on any atom is -0.350 e. The summed E-state index contributed by atoms with van der Waals surface area (Å²) in [7, 11) is 0. The van der Waals surface area contributed by atoms with Gasteiger partial charge in [0.1, 0.15) is 0 Å². The van der Waals surface area contributed by atoms with Gasteiger partial charge >= 0.3 is 6.03 Å². The molecular formula is C9H11BrN2O2. The summed E-state index contributed by atoms with van der Waals surface area (Å²) in [5.74, 6) is 0. The highest BCUT2D eigenvalue weighted by atomic mass is 79.9. The molecule has 14 heavy (non-hydrogen) atoms. The predicted octanol–water partition coefficient (Wildman–Crippen LogP) is 2.28. The first kappa shape index (κ1) is 11.0. The Balaban J connectivity index is 2.84. The zero-order valence-corrected chi connectivity index (χ0v) is 9.23. The van der Waals surface area contributed by atoms with Crippen LogP contribution in [0.15, 0.2) is 28.7 Å². The Morgan fingerprint density at radius 3 is 2.43 bits per heavy atom. The molecule has 0 aromatic heterocycles. The van der Waals surface area contributed by atoms with E-state index in [-0.39, 0.29) is 0 Å². The van der Waals surface area contributed by atoms with E-state index in [9.17, 15) is 10.0 Å². The number of carbonyl (C=O) groups excluding carboxylic acids is 1. The lowest BCUT2D eigenvalue weighted by Gasteiger charge is -2.20. The van der Waals surface area contributed by atoms with Crippen molar-refractivity contribution < 1.29 is 10.0 Å². The number of nitrogens with two attached hydrogens (primary N) is 1. The number of halogens is 1. The molecule has 3 N–H and O–H groups in total. The van der Waals surface area contributed by atoms with Gasteiger partial charge in [-0.2, -0.15) is 5.06 Å². The molecule has 4 nitrogen and oxygen atoms in total. The Kier molecular flexibility index (Phi) is 3.49. The SMILES string of the molecule is CC(c1ccc(Br)cc1)N(O)C(N)=O. The zero-order valence-electron chi connectivity index (χ0n) is 7.64. The molecule has 0 heterocycles. The van der Waals surface area contributed by atoms with Crippen LogP contribution in [0.4, 0.5) is 4.79 Å². The molecule has 1 atom stereocenters. The third-order valence-corrected chi connectivity index (χ3v) is 2.47. The van der Waals surface area contributed by atoms with Crippen molar-refractivity contribution in [2.75, 3.05) is 0 Å². The van der Waals surface area contributed by atoms with Gasteiger partial charge in [-0.3, -0.25) is 5.21 Å². The summed E-state index contributed by atoms with van der Waals surface area (Å²) in [4.78, 5) is 10.7. The summed E-state index contributed by atoms with van der Waals surface area (Å²) in [5, 5.41) is 9.77. The average Bonchev–Trinajstić information content (AvgIpc) is 2.16. The van der Waals surface area contributed by atoms with Crippen LogP contribution in [0.3, 0.4) is 0 Å². The molecule has 0 fully saturated rings. The molecule has 2 amide bonds. The fourth-order valence-corrected chi connectivity index (χ4v) is 1.34. The number of carbonyl (C=O) groups is 1. The van der Waals surface area contributed by atoms with Gasteiger partial charge < -0.3 is 5.73 Å². The highest BCUT2D eigenvalue weighted by Gasteiger charge is 2.16. The van der Waals surface area contributed by atoms with Gasteiger partial charge in [0, 0.05) is 4.47 Å². The molecule has 0 aliphatic carbocycles. The molecule has 0 saturated carbocycles. The molecule has 76 valence electrons. The summed E-state index contributed by atoms with van der Waals surface area (Å²) >= 11 is 3.29. The van der Waals surface area contributed by atoms with Gasteiger partial charge in [-0.05, 0) is 24.6 Å². The van der Waals surface area contributed by atoms with E-state index in [0.717, 1.165) is 10.0 Å². The van der Waals surface area contributed by atoms with Gasteiger partial charge in [0.2, 0.25) is 0 Å². The number of rotatable bonds is 2. The summed E-state index contributed by atoms with van der Waals surface area (Å²) in [6, 6.07) is 5.98. The van der Waals surface area contributed by atoms with E-state index in [2.05, 4.69) is 15.9 Å². The normalized spacial score (nSPS) is 12.2. The van der Waals surface area contributed by atoms with Crippen LogP contribution in [0.25, 0.3) is 0 Å². The number of amides is 2. The van der Waals surface area contributed by atoms with E-state index in [4.69, 9.17) is 5.73 Å². The fraction of sp³-hybridized carbons (Fsp3) is 0.222. The van der Waals surface area contributed by atoms with Crippen LogP contribution in [0.5, 0.6) is 0 Å². The van der Waals surface area contributed by atoms with E-state index < -0.39 is 12.1 Å². The average molecular weight is 259 g/mol. The monoisotopic (exact) mass is 258 g/mol. The Bertz CT molecular complexity index is 326. The van der Waals surface area contributed by atoms with Crippen molar-refractivity contribution in [2.24, 2.45) is 5.73 Å². The maximum Gasteiger partial charge on any atom is 0.339 e. The lowest BCUT2D eigenvalue weighted by atomic mass is 10.1.